The molecule has 0 saturated heterocycles. The van der Waals surface area contributed by atoms with Gasteiger partial charge in [0, 0.05) is 10.7 Å². The van der Waals surface area contributed by atoms with Gasteiger partial charge in [-0.1, -0.05) is 23.7 Å². The van der Waals surface area contributed by atoms with Crippen LogP contribution in [0.1, 0.15) is 5.56 Å². The van der Waals surface area contributed by atoms with Crippen LogP contribution in [0.15, 0.2) is 54.2 Å². The number of anilines is 1. The van der Waals surface area contributed by atoms with Crippen molar-refractivity contribution in [1.82, 2.24) is 5.32 Å². The van der Waals surface area contributed by atoms with Crippen LogP contribution in [-0.2, 0) is 9.59 Å². The van der Waals surface area contributed by atoms with Gasteiger partial charge in [0.15, 0.2) is 0 Å². The SMILES string of the molecule is O=C1NC(=O)C(c2cccc(Cl)c2)=C1Nc1ccc(O)cc1. The van der Waals surface area contributed by atoms with Gasteiger partial charge < -0.3 is 10.4 Å². The highest BCUT2D eigenvalue weighted by Crippen LogP contribution is 2.27. The fourth-order valence-corrected chi connectivity index (χ4v) is 2.37. The first-order valence-corrected chi connectivity index (χ1v) is 6.84. The fourth-order valence-electron chi connectivity index (χ4n) is 2.18. The minimum Gasteiger partial charge on any atom is -0.508 e. The van der Waals surface area contributed by atoms with Crippen LogP contribution in [0.3, 0.4) is 0 Å². The van der Waals surface area contributed by atoms with Gasteiger partial charge >= 0.3 is 0 Å². The Balaban J connectivity index is 2.05. The lowest BCUT2D eigenvalue weighted by Crippen LogP contribution is -2.24. The van der Waals surface area contributed by atoms with Gasteiger partial charge in [0.25, 0.3) is 11.8 Å². The summed E-state index contributed by atoms with van der Waals surface area (Å²) in [6.45, 7) is 0. The number of rotatable bonds is 3. The van der Waals surface area contributed by atoms with Gasteiger partial charge in [-0.05, 0) is 42.0 Å². The highest BCUT2D eigenvalue weighted by Gasteiger charge is 2.31. The molecule has 0 saturated carbocycles. The number of hydrogen-bond acceptors (Lipinski definition) is 4. The summed E-state index contributed by atoms with van der Waals surface area (Å²) in [6, 6.07) is 12.9. The van der Waals surface area contributed by atoms with E-state index in [1.165, 1.54) is 12.1 Å². The lowest BCUT2D eigenvalue weighted by Gasteiger charge is -2.08. The molecule has 0 unspecified atom stereocenters. The molecular weight excluding hydrogens is 304 g/mol. The number of phenols is 1. The Bertz CT molecular complexity index is 797. The number of carbonyl (C=O) groups is 2. The number of aromatic hydroxyl groups is 1. The number of hydrogen-bond donors (Lipinski definition) is 3. The molecule has 1 aliphatic rings. The molecule has 5 nitrogen and oxygen atoms in total. The number of benzene rings is 2. The van der Waals surface area contributed by atoms with Crippen molar-refractivity contribution in [2.75, 3.05) is 5.32 Å². The van der Waals surface area contributed by atoms with Crippen LogP contribution in [-0.4, -0.2) is 16.9 Å². The Morgan fingerprint density at radius 1 is 1.00 bits per heavy atom. The van der Waals surface area contributed by atoms with E-state index in [-0.39, 0.29) is 17.0 Å². The van der Waals surface area contributed by atoms with Crippen LogP contribution in [0.5, 0.6) is 5.75 Å². The summed E-state index contributed by atoms with van der Waals surface area (Å²) >= 11 is 5.95. The van der Waals surface area contributed by atoms with E-state index in [1.807, 2.05) is 0 Å². The van der Waals surface area contributed by atoms with Crippen molar-refractivity contribution < 1.29 is 14.7 Å². The van der Waals surface area contributed by atoms with Crippen molar-refractivity contribution >= 4 is 34.7 Å². The number of carbonyl (C=O) groups excluding carboxylic acids is 2. The average Bonchev–Trinajstić information content (AvgIpc) is 2.75. The van der Waals surface area contributed by atoms with Crippen molar-refractivity contribution in [2.24, 2.45) is 0 Å². The summed E-state index contributed by atoms with van der Waals surface area (Å²) in [5.74, 6) is -0.872. The third kappa shape index (κ3) is 2.66. The Labute approximate surface area is 131 Å². The van der Waals surface area contributed by atoms with Crippen LogP contribution < -0.4 is 10.6 Å². The maximum atomic E-state index is 12.0. The summed E-state index contributed by atoms with van der Waals surface area (Å²) in [5.41, 5.74) is 1.52. The van der Waals surface area contributed by atoms with Gasteiger partial charge in [-0.2, -0.15) is 0 Å². The van der Waals surface area contributed by atoms with E-state index in [4.69, 9.17) is 11.6 Å². The molecule has 0 spiro atoms. The molecule has 6 heteroatoms. The first-order valence-electron chi connectivity index (χ1n) is 6.46. The third-order valence-corrected chi connectivity index (χ3v) is 3.42. The minimum atomic E-state index is -0.506. The van der Waals surface area contributed by atoms with E-state index >= 15 is 0 Å². The van der Waals surface area contributed by atoms with Gasteiger partial charge in [-0.25, -0.2) is 0 Å². The van der Waals surface area contributed by atoms with Crippen molar-refractivity contribution in [3.63, 3.8) is 0 Å². The van der Waals surface area contributed by atoms with Crippen LogP contribution >= 0.6 is 11.6 Å². The Hall–Kier alpha value is -2.79. The highest BCUT2D eigenvalue weighted by atomic mass is 35.5. The van der Waals surface area contributed by atoms with E-state index in [9.17, 15) is 14.7 Å². The van der Waals surface area contributed by atoms with Gasteiger partial charge in [0.2, 0.25) is 0 Å². The molecule has 0 radical (unpaired) electrons. The molecule has 2 aromatic carbocycles. The van der Waals surface area contributed by atoms with E-state index < -0.39 is 11.8 Å². The first-order chi connectivity index (χ1) is 10.5. The van der Waals surface area contributed by atoms with Crippen LogP contribution in [0.4, 0.5) is 5.69 Å². The van der Waals surface area contributed by atoms with Crippen LogP contribution in [0, 0.1) is 0 Å². The van der Waals surface area contributed by atoms with Crippen molar-refractivity contribution in [3.8, 4) is 5.75 Å². The Morgan fingerprint density at radius 2 is 1.73 bits per heavy atom. The summed E-state index contributed by atoms with van der Waals surface area (Å²) in [7, 11) is 0. The number of imide groups is 1. The quantitative estimate of drug-likeness (QED) is 0.601. The predicted octanol–water partition coefficient (Wildman–Crippen LogP) is 2.53. The molecule has 22 heavy (non-hydrogen) atoms. The molecule has 1 heterocycles. The maximum absolute atomic E-state index is 12.0. The zero-order chi connectivity index (χ0) is 15.7. The maximum Gasteiger partial charge on any atom is 0.275 e. The molecule has 0 aromatic heterocycles. The van der Waals surface area contributed by atoms with Crippen LogP contribution in [0.25, 0.3) is 5.57 Å². The third-order valence-electron chi connectivity index (χ3n) is 3.18. The zero-order valence-electron chi connectivity index (χ0n) is 11.3. The minimum absolute atomic E-state index is 0.113. The molecule has 2 amide bonds. The lowest BCUT2D eigenvalue weighted by atomic mass is 10.0. The second kappa shape index (κ2) is 5.54. The van der Waals surface area contributed by atoms with E-state index in [2.05, 4.69) is 10.6 Å². The number of halogens is 1. The molecular formula is C16H11ClN2O3. The monoisotopic (exact) mass is 314 g/mol. The average molecular weight is 315 g/mol. The second-order valence-corrected chi connectivity index (χ2v) is 5.15. The van der Waals surface area contributed by atoms with Gasteiger partial charge in [0.05, 0.1) is 5.57 Å². The molecule has 2 aromatic rings. The normalized spacial score (nSPS) is 14.2. The molecule has 0 aliphatic carbocycles. The molecule has 0 fully saturated rings. The zero-order valence-corrected chi connectivity index (χ0v) is 12.0. The number of phenolic OH excluding ortho intramolecular Hbond substituents is 1. The van der Waals surface area contributed by atoms with E-state index in [0.29, 0.717) is 16.3 Å². The molecule has 1 aliphatic heterocycles. The number of nitrogens with one attached hydrogen (secondary N) is 2. The molecule has 0 atom stereocenters. The largest absolute Gasteiger partial charge is 0.508 e. The molecule has 0 bridgehead atoms. The lowest BCUT2D eigenvalue weighted by molar-refractivity contribution is -0.123. The summed E-state index contributed by atoms with van der Waals surface area (Å²) in [6.07, 6.45) is 0. The van der Waals surface area contributed by atoms with Gasteiger partial charge in [-0.15, -0.1) is 0 Å². The topological polar surface area (TPSA) is 78.4 Å². The van der Waals surface area contributed by atoms with Gasteiger partial charge in [0.1, 0.15) is 11.4 Å². The van der Waals surface area contributed by atoms with Crippen LogP contribution in [0.2, 0.25) is 5.02 Å². The molecule has 3 N–H and O–H groups in total. The van der Waals surface area contributed by atoms with Crippen molar-refractivity contribution in [1.29, 1.82) is 0 Å². The first kappa shape index (κ1) is 14.2. The number of amides is 2. The summed E-state index contributed by atoms with van der Waals surface area (Å²) in [4.78, 5) is 24.0. The Morgan fingerprint density at radius 3 is 2.41 bits per heavy atom. The summed E-state index contributed by atoms with van der Waals surface area (Å²) in [5, 5.41) is 14.9. The fraction of sp³-hybridized carbons (Fsp3) is 0. The van der Waals surface area contributed by atoms with E-state index in [1.54, 1.807) is 36.4 Å². The van der Waals surface area contributed by atoms with E-state index in [0.717, 1.165) is 0 Å². The van der Waals surface area contributed by atoms with Crippen molar-refractivity contribution in [2.45, 2.75) is 0 Å². The van der Waals surface area contributed by atoms with Gasteiger partial charge in [-0.3, -0.25) is 14.9 Å². The predicted molar refractivity (Wildman–Crippen MR) is 83.3 cm³/mol. The summed E-state index contributed by atoms with van der Waals surface area (Å²) < 4.78 is 0. The highest BCUT2D eigenvalue weighted by molar-refractivity contribution is 6.37. The molecule has 3 rings (SSSR count). The standard InChI is InChI=1S/C16H11ClN2O3/c17-10-3-1-2-9(8-10)13-14(16(22)19-15(13)21)18-11-4-6-12(20)7-5-11/h1-8,20H,(H2,18,19,21,22). The Kier molecular flexibility index (Phi) is 3.56. The second-order valence-electron chi connectivity index (χ2n) is 4.72. The molecule has 110 valence electrons. The smallest absolute Gasteiger partial charge is 0.275 e. The van der Waals surface area contributed by atoms with Crippen molar-refractivity contribution in [3.05, 3.63) is 64.8 Å².